The molecule has 2 N–H and O–H groups in total. The quantitative estimate of drug-likeness (QED) is 0.638. The predicted octanol–water partition coefficient (Wildman–Crippen LogP) is 3.22. The Morgan fingerprint density at radius 2 is 2.00 bits per heavy atom. The average molecular weight is 343 g/mol. The maximum Gasteiger partial charge on any atom is 0.258 e. The first-order valence-electron chi connectivity index (χ1n) is 5.27. The fourth-order valence-corrected chi connectivity index (χ4v) is 1.66. The Labute approximate surface area is 114 Å². The van der Waals surface area contributed by atoms with E-state index in [9.17, 15) is 0 Å². The molecular formula is C12H14IN3O. The van der Waals surface area contributed by atoms with Gasteiger partial charge in [0.25, 0.3) is 5.89 Å². The van der Waals surface area contributed by atoms with Gasteiger partial charge in [-0.25, -0.2) is 0 Å². The number of halogens is 1. The number of benzene rings is 1. The van der Waals surface area contributed by atoms with Crippen molar-refractivity contribution in [2.75, 3.05) is 5.73 Å². The molecule has 90 valence electrons. The van der Waals surface area contributed by atoms with Crippen LogP contribution in [0.4, 0.5) is 5.69 Å². The Morgan fingerprint density at radius 3 is 2.53 bits per heavy atom. The van der Waals surface area contributed by atoms with E-state index in [0.29, 0.717) is 11.7 Å². The van der Waals surface area contributed by atoms with Gasteiger partial charge in [0.1, 0.15) is 0 Å². The zero-order chi connectivity index (χ0) is 12.6. The second-order valence-electron chi connectivity index (χ2n) is 4.91. The summed E-state index contributed by atoms with van der Waals surface area (Å²) in [5.74, 6) is 1.21. The van der Waals surface area contributed by atoms with E-state index in [1.165, 1.54) is 0 Å². The van der Waals surface area contributed by atoms with Crippen molar-refractivity contribution < 1.29 is 4.52 Å². The predicted molar refractivity (Wildman–Crippen MR) is 75.6 cm³/mol. The molecule has 17 heavy (non-hydrogen) atoms. The number of nitrogens with zero attached hydrogens (tertiary/aromatic N) is 2. The molecule has 0 saturated carbocycles. The van der Waals surface area contributed by atoms with Crippen LogP contribution >= 0.6 is 22.6 Å². The second-order valence-corrected chi connectivity index (χ2v) is 6.07. The minimum absolute atomic E-state index is 0.115. The summed E-state index contributed by atoms with van der Waals surface area (Å²) in [5.41, 5.74) is 7.31. The third-order valence-corrected chi connectivity index (χ3v) is 3.32. The van der Waals surface area contributed by atoms with Gasteiger partial charge in [-0.15, -0.1) is 0 Å². The lowest BCUT2D eigenvalue weighted by molar-refractivity contribution is 0.402. The number of anilines is 1. The SMILES string of the molecule is CC(C)(C)c1noc(-c2ccc(I)c(N)c2)n1. The summed E-state index contributed by atoms with van der Waals surface area (Å²) >= 11 is 2.19. The lowest BCUT2D eigenvalue weighted by Gasteiger charge is -2.10. The van der Waals surface area contributed by atoms with Crippen molar-refractivity contribution >= 4 is 28.3 Å². The molecule has 0 bridgehead atoms. The molecule has 0 aliphatic heterocycles. The number of hydrogen-bond donors (Lipinski definition) is 1. The maximum atomic E-state index is 5.85. The van der Waals surface area contributed by atoms with E-state index in [2.05, 4.69) is 32.7 Å². The molecule has 1 aromatic carbocycles. The Hall–Kier alpha value is -1.11. The van der Waals surface area contributed by atoms with Crippen molar-refractivity contribution in [3.63, 3.8) is 0 Å². The van der Waals surface area contributed by atoms with Gasteiger partial charge in [-0.3, -0.25) is 0 Å². The maximum absolute atomic E-state index is 5.85. The standard InChI is InChI=1S/C12H14IN3O/c1-12(2,3)11-15-10(17-16-11)7-4-5-8(13)9(14)6-7/h4-6H,14H2,1-3H3. The highest BCUT2D eigenvalue weighted by molar-refractivity contribution is 14.1. The van der Waals surface area contributed by atoms with Crippen molar-refractivity contribution in [1.29, 1.82) is 0 Å². The van der Waals surface area contributed by atoms with Gasteiger partial charge in [0.05, 0.1) is 0 Å². The third kappa shape index (κ3) is 2.59. The normalized spacial score (nSPS) is 11.8. The van der Waals surface area contributed by atoms with Gasteiger partial charge in [0.2, 0.25) is 0 Å². The van der Waals surface area contributed by atoms with Crippen LogP contribution in [0.1, 0.15) is 26.6 Å². The average Bonchev–Trinajstić information content (AvgIpc) is 2.70. The van der Waals surface area contributed by atoms with Crippen LogP contribution in [0.15, 0.2) is 22.7 Å². The van der Waals surface area contributed by atoms with Gasteiger partial charge < -0.3 is 10.3 Å². The molecule has 0 unspecified atom stereocenters. The van der Waals surface area contributed by atoms with E-state index < -0.39 is 0 Å². The van der Waals surface area contributed by atoms with Crippen molar-refractivity contribution in [3.05, 3.63) is 27.6 Å². The van der Waals surface area contributed by atoms with Gasteiger partial charge in [0.15, 0.2) is 5.82 Å². The van der Waals surface area contributed by atoms with Crippen molar-refractivity contribution in [2.45, 2.75) is 26.2 Å². The van der Waals surface area contributed by atoms with Crippen LogP contribution in [0.3, 0.4) is 0 Å². The monoisotopic (exact) mass is 343 g/mol. The molecule has 2 rings (SSSR count). The minimum atomic E-state index is -0.115. The molecule has 4 nitrogen and oxygen atoms in total. The number of nitrogens with two attached hydrogens (primary N) is 1. The molecular weight excluding hydrogens is 329 g/mol. The summed E-state index contributed by atoms with van der Waals surface area (Å²) < 4.78 is 6.27. The molecule has 0 spiro atoms. The summed E-state index contributed by atoms with van der Waals surface area (Å²) in [6.07, 6.45) is 0. The van der Waals surface area contributed by atoms with Crippen LogP contribution in [0, 0.1) is 3.57 Å². The van der Waals surface area contributed by atoms with Crippen LogP contribution in [0.25, 0.3) is 11.5 Å². The van der Waals surface area contributed by atoms with E-state index >= 15 is 0 Å². The van der Waals surface area contributed by atoms with Gasteiger partial charge in [-0.1, -0.05) is 25.9 Å². The van der Waals surface area contributed by atoms with E-state index in [1.807, 2.05) is 39.0 Å². The van der Waals surface area contributed by atoms with Crippen LogP contribution < -0.4 is 5.73 Å². The molecule has 5 heteroatoms. The summed E-state index contributed by atoms with van der Waals surface area (Å²) in [4.78, 5) is 4.39. The van der Waals surface area contributed by atoms with E-state index in [0.717, 1.165) is 14.8 Å². The minimum Gasteiger partial charge on any atom is -0.398 e. The number of hydrogen-bond acceptors (Lipinski definition) is 4. The molecule has 2 aromatic rings. The Morgan fingerprint density at radius 1 is 1.29 bits per heavy atom. The molecule has 0 aliphatic rings. The molecule has 0 aliphatic carbocycles. The molecule has 1 heterocycles. The van der Waals surface area contributed by atoms with Crippen LogP contribution in [0.2, 0.25) is 0 Å². The molecule has 0 atom stereocenters. The van der Waals surface area contributed by atoms with Gasteiger partial charge in [-0.05, 0) is 40.8 Å². The molecule has 0 amide bonds. The van der Waals surface area contributed by atoms with Crippen molar-refractivity contribution in [2.24, 2.45) is 0 Å². The van der Waals surface area contributed by atoms with Gasteiger partial charge in [-0.2, -0.15) is 4.98 Å². The van der Waals surface area contributed by atoms with Crippen molar-refractivity contribution in [3.8, 4) is 11.5 Å². The first kappa shape index (κ1) is 12.3. The Kier molecular flexibility index (Phi) is 3.11. The number of rotatable bonds is 1. The van der Waals surface area contributed by atoms with E-state index in [4.69, 9.17) is 10.3 Å². The van der Waals surface area contributed by atoms with E-state index in [-0.39, 0.29) is 5.41 Å². The van der Waals surface area contributed by atoms with Gasteiger partial charge >= 0.3 is 0 Å². The summed E-state index contributed by atoms with van der Waals surface area (Å²) in [6, 6.07) is 5.71. The highest BCUT2D eigenvalue weighted by Crippen LogP contribution is 2.26. The van der Waals surface area contributed by atoms with Crippen molar-refractivity contribution in [1.82, 2.24) is 10.1 Å². The highest BCUT2D eigenvalue weighted by atomic mass is 127. The Balaban J connectivity index is 2.40. The van der Waals surface area contributed by atoms with Gasteiger partial charge in [0, 0.05) is 20.2 Å². The summed E-state index contributed by atoms with van der Waals surface area (Å²) in [7, 11) is 0. The van der Waals surface area contributed by atoms with Crippen LogP contribution in [-0.4, -0.2) is 10.1 Å². The summed E-state index contributed by atoms with van der Waals surface area (Å²) in [5, 5.41) is 3.99. The number of nitrogen functional groups attached to an aromatic ring is 1. The largest absolute Gasteiger partial charge is 0.398 e. The first-order chi connectivity index (χ1) is 7.88. The number of aromatic nitrogens is 2. The smallest absolute Gasteiger partial charge is 0.258 e. The van der Waals surface area contributed by atoms with E-state index in [1.54, 1.807) is 0 Å². The Bertz CT molecular complexity index is 543. The lowest BCUT2D eigenvalue weighted by atomic mass is 9.96. The fraction of sp³-hybridized carbons (Fsp3) is 0.333. The second kappa shape index (κ2) is 4.29. The first-order valence-corrected chi connectivity index (χ1v) is 6.35. The lowest BCUT2D eigenvalue weighted by Crippen LogP contribution is -2.13. The zero-order valence-corrected chi connectivity index (χ0v) is 12.1. The van der Waals surface area contributed by atoms with Crippen LogP contribution in [0.5, 0.6) is 0 Å². The highest BCUT2D eigenvalue weighted by Gasteiger charge is 2.21. The topological polar surface area (TPSA) is 64.9 Å². The molecule has 1 aromatic heterocycles. The zero-order valence-electron chi connectivity index (χ0n) is 9.99. The summed E-state index contributed by atoms with van der Waals surface area (Å²) in [6.45, 7) is 6.14. The third-order valence-electron chi connectivity index (χ3n) is 2.34. The molecule has 0 fully saturated rings. The molecule has 0 radical (unpaired) electrons. The van der Waals surface area contributed by atoms with Crippen LogP contribution in [-0.2, 0) is 5.41 Å². The fourth-order valence-electron chi connectivity index (χ4n) is 1.32. The molecule has 0 saturated heterocycles.